The van der Waals surface area contributed by atoms with E-state index in [0.29, 0.717) is 50.0 Å². The number of hydrogen-bond donors (Lipinski definition) is 0. The summed E-state index contributed by atoms with van der Waals surface area (Å²) < 4.78 is 33.4. The molecule has 1 aromatic heterocycles. The predicted octanol–water partition coefficient (Wildman–Crippen LogP) is 1.48. The number of rotatable bonds is 4. The number of sulfonamides is 1. The molecule has 8 nitrogen and oxygen atoms in total. The average molecular weight is 432 g/mol. The van der Waals surface area contributed by atoms with Gasteiger partial charge >= 0.3 is 0 Å². The van der Waals surface area contributed by atoms with Crippen molar-refractivity contribution in [3.8, 4) is 0 Å². The van der Waals surface area contributed by atoms with Crippen LogP contribution in [0.1, 0.15) is 16.8 Å². The molecule has 0 unspecified atom stereocenters. The largest absolute Gasteiger partial charge is 0.378 e. The second-order valence-electron chi connectivity index (χ2n) is 7.98. The fourth-order valence-corrected chi connectivity index (χ4v) is 5.36. The molecule has 1 fully saturated rings. The van der Waals surface area contributed by atoms with Crippen LogP contribution in [0.4, 0.5) is 11.8 Å². The lowest BCUT2D eigenvalue weighted by Crippen LogP contribution is -2.38. The van der Waals surface area contributed by atoms with Gasteiger partial charge in [-0.05, 0) is 25.5 Å². The number of aromatic nitrogens is 2. The Labute approximate surface area is 178 Å². The maximum Gasteiger partial charge on any atom is 0.243 e. The van der Waals surface area contributed by atoms with Crippen molar-refractivity contribution in [1.29, 1.82) is 0 Å². The smallest absolute Gasteiger partial charge is 0.243 e. The monoisotopic (exact) mass is 431 g/mol. The van der Waals surface area contributed by atoms with E-state index in [0.717, 1.165) is 35.7 Å². The summed E-state index contributed by atoms with van der Waals surface area (Å²) in [5.74, 6) is 1.58. The number of nitrogens with zero attached hydrogens (tertiary/aromatic N) is 5. The second-order valence-corrected chi connectivity index (χ2v) is 9.92. The first kappa shape index (κ1) is 21.0. The van der Waals surface area contributed by atoms with Crippen LogP contribution >= 0.6 is 0 Å². The summed E-state index contributed by atoms with van der Waals surface area (Å²) in [7, 11) is 0.400. The molecule has 0 radical (unpaired) electrons. The maximum atomic E-state index is 13.2. The normalized spacial score (nSPS) is 18.0. The van der Waals surface area contributed by atoms with Gasteiger partial charge in [-0.1, -0.05) is 17.7 Å². The third-order valence-electron chi connectivity index (χ3n) is 5.64. The highest BCUT2D eigenvalue weighted by Gasteiger charge is 2.29. The van der Waals surface area contributed by atoms with Gasteiger partial charge < -0.3 is 14.5 Å². The third-order valence-corrected chi connectivity index (χ3v) is 7.56. The molecule has 0 atom stereocenters. The molecule has 1 saturated heterocycles. The number of morpholine rings is 1. The summed E-state index contributed by atoms with van der Waals surface area (Å²) in [6, 6.07) is 7.04. The number of ether oxygens (including phenoxy) is 1. The summed E-state index contributed by atoms with van der Waals surface area (Å²) >= 11 is 0. The van der Waals surface area contributed by atoms with Crippen molar-refractivity contribution in [3.05, 3.63) is 41.1 Å². The zero-order valence-corrected chi connectivity index (χ0v) is 18.7. The molecular weight excluding hydrogens is 402 g/mol. The molecule has 9 heteroatoms. The van der Waals surface area contributed by atoms with E-state index >= 15 is 0 Å². The molecule has 2 aromatic rings. The van der Waals surface area contributed by atoms with E-state index in [-0.39, 0.29) is 0 Å². The molecule has 0 aliphatic carbocycles. The van der Waals surface area contributed by atoms with Crippen LogP contribution in [0.5, 0.6) is 0 Å². The zero-order chi connectivity index (χ0) is 21.3. The van der Waals surface area contributed by atoms with Crippen molar-refractivity contribution < 1.29 is 13.2 Å². The molecule has 0 saturated carbocycles. The molecule has 4 rings (SSSR count). The first-order chi connectivity index (χ1) is 14.4. The van der Waals surface area contributed by atoms with Gasteiger partial charge in [0.2, 0.25) is 16.0 Å². The zero-order valence-electron chi connectivity index (χ0n) is 17.8. The van der Waals surface area contributed by atoms with Crippen molar-refractivity contribution in [2.75, 3.05) is 63.3 Å². The quantitative estimate of drug-likeness (QED) is 0.725. The number of hydrogen-bond acceptors (Lipinski definition) is 7. The van der Waals surface area contributed by atoms with Gasteiger partial charge in [0.15, 0.2) is 0 Å². The van der Waals surface area contributed by atoms with Gasteiger partial charge in [-0.3, -0.25) is 0 Å². The summed E-state index contributed by atoms with van der Waals surface area (Å²) in [5.41, 5.74) is 3.02. The SMILES string of the molecule is Cc1ccc(S(=O)(=O)N2CCc3nc(N4CCOCC4)nc(N(C)C)c3CC2)cc1. The van der Waals surface area contributed by atoms with E-state index < -0.39 is 10.0 Å². The Morgan fingerprint density at radius 2 is 1.63 bits per heavy atom. The van der Waals surface area contributed by atoms with Crippen molar-refractivity contribution >= 4 is 21.8 Å². The van der Waals surface area contributed by atoms with Gasteiger partial charge in [0.05, 0.1) is 23.8 Å². The topological polar surface area (TPSA) is 78.9 Å². The highest BCUT2D eigenvalue weighted by atomic mass is 32.2. The lowest BCUT2D eigenvalue weighted by atomic mass is 10.1. The Morgan fingerprint density at radius 1 is 0.967 bits per heavy atom. The number of aryl methyl sites for hydroxylation is 1. The molecule has 2 aliphatic rings. The van der Waals surface area contributed by atoms with E-state index in [1.54, 1.807) is 16.4 Å². The fourth-order valence-electron chi connectivity index (χ4n) is 3.92. The van der Waals surface area contributed by atoms with Gasteiger partial charge in [-0.2, -0.15) is 9.29 Å². The number of benzene rings is 1. The van der Waals surface area contributed by atoms with Crippen molar-refractivity contribution in [3.63, 3.8) is 0 Å². The van der Waals surface area contributed by atoms with E-state index in [1.807, 2.05) is 38.1 Å². The van der Waals surface area contributed by atoms with Crippen LogP contribution in [0.2, 0.25) is 0 Å². The molecule has 0 spiro atoms. The van der Waals surface area contributed by atoms with E-state index in [1.165, 1.54) is 0 Å². The molecule has 3 heterocycles. The minimum atomic E-state index is -3.54. The minimum absolute atomic E-state index is 0.340. The minimum Gasteiger partial charge on any atom is -0.378 e. The van der Waals surface area contributed by atoms with Crippen molar-refractivity contribution in [2.45, 2.75) is 24.7 Å². The molecule has 162 valence electrons. The van der Waals surface area contributed by atoms with Crippen molar-refractivity contribution in [1.82, 2.24) is 14.3 Å². The van der Waals surface area contributed by atoms with Crippen molar-refractivity contribution in [2.24, 2.45) is 0 Å². The van der Waals surface area contributed by atoms with Crippen LogP contribution < -0.4 is 9.80 Å². The standard InChI is InChI=1S/C21H29N5O3S/c1-16-4-6-17(7-5-16)30(27,28)26-10-8-18-19(9-11-26)22-21(23-20(18)24(2)3)25-12-14-29-15-13-25/h4-7H,8-15H2,1-3H3. The molecule has 30 heavy (non-hydrogen) atoms. The number of fused-ring (bicyclic) bond motifs is 1. The average Bonchev–Trinajstić information content (AvgIpc) is 2.97. The van der Waals surface area contributed by atoms with Crippen LogP contribution in [-0.4, -0.2) is 76.2 Å². The van der Waals surface area contributed by atoms with Gasteiger partial charge in [-0.25, -0.2) is 13.4 Å². The summed E-state index contributed by atoms with van der Waals surface area (Å²) in [6.07, 6.45) is 1.17. The predicted molar refractivity (Wildman–Crippen MR) is 117 cm³/mol. The van der Waals surface area contributed by atoms with Crippen LogP contribution in [-0.2, 0) is 27.6 Å². The first-order valence-corrected chi connectivity index (χ1v) is 11.8. The maximum absolute atomic E-state index is 13.2. The summed E-state index contributed by atoms with van der Waals surface area (Å²) in [5, 5.41) is 0. The van der Waals surface area contributed by atoms with E-state index in [9.17, 15) is 8.42 Å². The Balaban J connectivity index is 1.63. The highest BCUT2D eigenvalue weighted by molar-refractivity contribution is 7.89. The van der Waals surface area contributed by atoms with Gasteiger partial charge in [0.25, 0.3) is 0 Å². The van der Waals surface area contributed by atoms with Crippen LogP contribution in [0, 0.1) is 6.92 Å². The molecular formula is C21H29N5O3S. The van der Waals surface area contributed by atoms with E-state index in [2.05, 4.69) is 4.90 Å². The van der Waals surface area contributed by atoms with Gasteiger partial charge in [-0.15, -0.1) is 0 Å². The molecule has 2 aliphatic heterocycles. The highest BCUT2D eigenvalue weighted by Crippen LogP contribution is 2.28. The Kier molecular flexibility index (Phi) is 5.95. The first-order valence-electron chi connectivity index (χ1n) is 10.3. The Morgan fingerprint density at radius 3 is 2.30 bits per heavy atom. The Hall–Kier alpha value is -2.23. The molecule has 0 N–H and O–H groups in total. The lowest BCUT2D eigenvalue weighted by Gasteiger charge is -2.28. The van der Waals surface area contributed by atoms with Gasteiger partial charge in [0.1, 0.15) is 5.82 Å². The second kappa shape index (κ2) is 8.49. The molecule has 1 aromatic carbocycles. The van der Waals surface area contributed by atoms with Crippen LogP contribution in [0.25, 0.3) is 0 Å². The van der Waals surface area contributed by atoms with Gasteiger partial charge in [0, 0.05) is 52.3 Å². The summed E-state index contributed by atoms with van der Waals surface area (Å²) in [4.78, 5) is 14.2. The van der Waals surface area contributed by atoms with Crippen LogP contribution in [0.15, 0.2) is 29.2 Å². The molecule has 0 bridgehead atoms. The molecule has 0 amide bonds. The van der Waals surface area contributed by atoms with Crippen LogP contribution in [0.3, 0.4) is 0 Å². The fraction of sp³-hybridized carbons (Fsp3) is 0.524. The lowest BCUT2D eigenvalue weighted by molar-refractivity contribution is 0.122. The number of anilines is 2. The third kappa shape index (κ3) is 4.14. The Bertz CT molecular complexity index is 1000. The summed E-state index contributed by atoms with van der Waals surface area (Å²) in [6.45, 7) is 5.65. The van der Waals surface area contributed by atoms with E-state index in [4.69, 9.17) is 14.7 Å².